The summed E-state index contributed by atoms with van der Waals surface area (Å²) < 4.78 is 6.47. The molecule has 3 atom stereocenters. The van der Waals surface area contributed by atoms with Crippen molar-refractivity contribution < 1.29 is 14.6 Å². The lowest BCUT2D eigenvalue weighted by molar-refractivity contribution is -0.156. The zero-order chi connectivity index (χ0) is 19.9. The van der Waals surface area contributed by atoms with Gasteiger partial charge < -0.3 is 9.84 Å². The van der Waals surface area contributed by atoms with Crippen LogP contribution in [0.15, 0.2) is 65.5 Å². The Labute approximate surface area is 162 Å². The first-order chi connectivity index (χ1) is 13.4. The van der Waals surface area contributed by atoms with Gasteiger partial charge in [-0.2, -0.15) is 0 Å². The number of hydrogen-bond donors (Lipinski definition) is 2. The van der Waals surface area contributed by atoms with Crippen LogP contribution in [0.2, 0.25) is 0 Å². The number of aromatic amines is 1. The fourth-order valence-electron chi connectivity index (χ4n) is 4.24. The number of fused-ring (bicyclic) bond motifs is 1. The summed E-state index contributed by atoms with van der Waals surface area (Å²) in [5, 5.41) is 14.3. The molecule has 4 rings (SSSR count). The predicted octanol–water partition coefficient (Wildman–Crippen LogP) is 2.39. The first-order valence-electron chi connectivity index (χ1n) is 9.18. The van der Waals surface area contributed by atoms with E-state index in [9.17, 15) is 14.7 Å². The van der Waals surface area contributed by atoms with Crippen LogP contribution in [0.1, 0.15) is 29.7 Å². The second kappa shape index (κ2) is 6.80. The van der Waals surface area contributed by atoms with Crippen LogP contribution in [0.25, 0.3) is 5.69 Å². The number of benzene rings is 2. The summed E-state index contributed by atoms with van der Waals surface area (Å²) >= 11 is 0. The van der Waals surface area contributed by atoms with E-state index in [0.717, 1.165) is 5.56 Å². The molecule has 6 nitrogen and oxygen atoms in total. The first-order valence-corrected chi connectivity index (χ1v) is 9.18. The summed E-state index contributed by atoms with van der Waals surface area (Å²) in [6, 6.07) is 18.6. The zero-order valence-corrected chi connectivity index (χ0v) is 15.8. The van der Waals surface area contributed by atoms with Gasteiger partial charge in [0, 0.05) is 23.6 Å². The third-order valence-electron chi connectivity index (χ3n) is 5.48. The zero-order valence-electron chi connectivity index (χ0n) is 15.8. The fourth-order valence-corrected chi connectivity index (χ4v) is 4.24. The smallest absolute Gasteiger partial charge is 0.312 e. The number of nitrogens with one attached hydrogen (secondary N) is 1. The summed E-state index contributed by atoms with van der Waals surface area (Å²) in [5.74, 6) is -2.03. The number of methoxy groups -OCH3 is 1. The molecule has 1 heterocycles. The Morgan fingerprint density at radius 3 is 2.36 bits per heavy atom. The molecule has 144 valence electrons. The minimum Gasteiger partial charge on any atom is -0.469 e. The van der Waals surface area contributed by atoms with Crippen LogP contribution in [0, 0.1) is 5.92 Å². The van der Waals surface area contributed by atoms with E-state index >= 15 is 0 Å². The van der Waals surface area contributed by atoms with Crippen LogP contribution in [0.3, 0.4) is 0 Å². The van der Waals surface area contributed by atoms with Crippen molar-refractivity contribution in [2.75, 3.05) is 7.11 Å². The van der Waals surface area contributed by atoms with Crippen LogP contribution in [0.4, 0.5) is 0 Å². The van der Waals surface area contributed by atoms with E-state index < -0.39 is 23.4 Å². The molecule has 1 aromatic heterocycles. The van der Waals surface area contributed by atoms with Gasteiger partial charge in [0.15, 0.2) is 0 Å². The molecule has 2 aromatic carbocycles. The molecule has 0 saturated carbocycles. The van der Waals surface area contributed by atoms with Gasteiger partial charge >= 0.3 is 5.97 Å². The molecule has 0 unspecified atom stereocenters. The molecule has 2 N–H and O–H groups in total. The Hall–Kier alpha value is -3.12. The Balaban J connectivity index is 1.98. The van der Waals surface area contributed by atoms with Crippen LogP contribution < -0.4 is 5.56 Å². The molecule has 1 aliphatic rings. The predicted molar refractivity (Wildman–Crippen MR) is 105 cm³/mol. The summed E-state index contributed by atoms with van der Waals surface area (Å²) in [6.45, 7) is 1.62. The van der Waals surface area contributed by atoms with Gasteiger partial charge in [-0.1, -0.05) is 48.5 Å². The average molecular weight is 378 g/mol. The van der Waals surface area contributed by atoms with Crippen molar-refractivity contribution in [2.24, 2.45) is 5.92 Å². The summed E-state index contributed by atoms with van der Waals surface area (Å²) in [4.78, 5) is 26.0. The molecule has 0 radical (unpaired) electrons. The molecule has 0 fully saturated rings. The molecule has 3 aromatic rings. The average Bonchev–Trinajstić information content (AvgIpc) is 3.02. The number of ether oxygens (including phenoxy) is 1. The molecule has 0 aliphatic heterocycles. The van der Waals surface area contributed by atoms with Crippen molar-refractivity contribution >= 4 is 5.97 Å². The van der Waals surface area contributed by atoms with Crippen molar-refractivity contribution in [3.63, 3.8) is 0 Å². The number of nitrogens with zero attached hydrogens (tertiary/aromatic N) is 1. The van der Waals surface area contributed by atoms with Gasteiger partial charge in [0.1, 0.15) is 0 Å². The highest BCUT2D eigenvalue weighted by Gasteiger charge is 2.51. The SMILES string of the molecule is COC(=O)[C@@H]1[C@@H](c2ccccc2)c2c([nH]n(-c3ccccc3)c2=O)C[C@]1(C)O. The Kier molecular flexibility index (Phi) is 4.43. The lowest BCUT2D eigenvalue weighted by Gasteiger charge is -2.40. The molecule has 0 amide bonds. The minimum atomic E-state index is -1.37. The van der Waals surface area contributed by atoms with Crippen molar-refractivity contribution in [3.8, 4) is 5.69 Å². The van der Waals surface area contributed by atoms with Gasteiger partial charge in [0.25, 0.3) is 5.56 Å². The normalized spacial score (nSPS) is 23.8. The number of aliphatic hydroxyl groups is 1. The van der Waals surface area contributed by atoms with Gasteiger partial charge in [-0.15, -0.1) is 0 Å². The van der Waals surface area contributed by atoms with E-state index in [-0.39, 0.29) is 12.0 Å². The topological polar surface area (TPSA) is 84.3 Å². The summed E-state index contributed by atoms with van der Waals surface area (Å²) in [5.41, 5.74) is 1.02. The largest absolute Gasteiger partial charge is 0.469 e. The summed E-state index contributed by atoms with van der Waals surface area (Å²) in [7, 11) is 1.30. The number of esters is 1. The maximum atomic E-state index is 13.4. The summed E-state index contributed by atoms with van der Waals surface area (Å²) in [6.07, 6.45) is 0.153. The first kappa shape index (κ1) is 18.3. The number of carbonyl (C=O) groups excluding carboxylic acids is 1. The monoisotopic (exact) mass is 378 g/mol. The van der Waals surface area contributed by atoms with Crippen LogP contribution in [0.5, 0.6) is 0 Å². The quantitative estimate of drug-likeness (QED) is 0.686. The van der Waals surface area contributed by atoms with Gasteiger partial charge in [0.05, 0.1) is 24.3 Å². The van der Waals surface area contributed by atoms with Crippen LogP contribution >= 0.6 is 0 Å². The number of carbonyl (C=O) groups is 1. The third kappa shape index (κ3) is 2.86. The molecule has 0 spiro atoms. The van der Waals surface area contributed by atoms with Crippen molar-refractivity contribution in [3.05, 3.63) is 87.8 Å². The van der Waals surface area contributed by atoms with E-state index in [1.807, 2.05) is 60.7 Å². The molecule has 6 heteroatoms. The Morgan fingerprint density at radius 2 is 1.75 bits per heavy atom. The molecular weight excluding hydrogens is 356 g/mol. The van der Waals surface area contributed by atoms with Crippen molar-refractivity contribution in [1.82, 2.24) is 9.78 Å². The van der Waals surface area contributed by atoms with Crippen molar-refractivity contribution in [2.45, 2.75) is 24.9 Å². The second-order valence-electron chi connectivity index (χ2n) is 7.40. The lowest BCUT2D eigenvalue weighted by atomic mass is 9.66. The van der Waals surface area contributed by atoms with Crippen LogP contribution in [-0.4, -0.2) is 33.6 Å². The number of H-pyrrole nitrogens is 1. The van der Waals surface area contributed by atoms with E-state index in [1.165, 1.54) is 11.8 Å². The fraction of sp³-hybridized carbons (Fsp3) is 0.273. The number of rotatable bonds is 3. The van der Waals surface area contributed by atoms with Crippen LogP contribution in [-0.2, 0) is 16.0 Å². The Bertz CT molecular complexity index is 1050. The number of hydrogen-bond acceptors (Lipinski definition) is 4. The highest BCUT2D eigenvalue weighted by atomic mass is 16.5. The van der Waals surface area contributed by atoms with E-state index in [1.54, 1.807) is 6.92 Å². The maximum absolute atomic E-state index is 13.4. The minimum absolute atomic E-state index is 0.153. The number of aromatic nitrogens is 2. The highest BCUT2D eigenvalue weighted by Crippen LogP contribution is 2.44. The van der Waals surface area contributed by atoms with E-state index in [0.29, 0.717) is 16.9 Å². The van der Waals surface area contributed by atoms with Gasteiger partial charge in [-0.05, 0) is 24.6 Å². The second-order valence-corrected chi connectivity index (χ2v) is 7.40. The Morgan fingerprint density at radius 1 is 1.14 bits per heavy atom. The maximum Gasteiger partial charge on any atom is 0.312 e. The van der Waals surface area contributed by atoms with E-state index in [4.69, 9.17) is 4.74 Å². The molecule has 1 aliphatic carbocycles. The standard InChI is InChI=1S/C22H22N2O4/c1-22(27)13-16-18(20(25)24(23-16)15-11-7-4-8-12-15)17(19(22)21(26)28-2)14-9-5-3-6-10-14/h3-12,17,19,23,27H,13H2,1-2H3/t17-,19-,22-/m0/s1. The lowest BCUT2D eigenvalue weighted by Crippen LogP contribution is -2.49. The molecule has 28 heavy (non-hydrogen) atoms. The third-order valence-corrected chi connectivity index (χ3v) is 5.48. The van der Waals surface area contributed by atoms with Crippen molar-refractivity contribution in [1.29, 1.82) is 0 Å². The highest BCUT2D eigenvalue weighted by molar-refractivity contribution is 5.77. The number of para-hydroxylation sites is 1. The molecular formula is C22H22N2O4. The van der Waals surface area contributed by atoms with Gasteiger partial charge in [-0.3, -0.25) is 14.7 Å². The van der Waals surface area contributed by atoms with E-state index in [2.05, 4.69) is 5.10 Å². The molecule has 0 saturated heterocycles. The van der Waals surface area contributed by atoms with Gasteiger partial charge in [-0.25, -0.2) is 4.68 Å². The molecule has 0 bridgehead atoms. The van der Waals surface area contributed by atoms with Gasteiger partial charge in [0.2, 0.25) is 0 Å².